The third kappa shape index (κ3) is 4.54. The first-order valence-electron chi connectivity index (χ1n) is 8.40. The van der Waals surface area contributed by atoms with Crippen LogP contribution in [0, 0.1) is 0 Å². The van der Waals surface area contributed by atoms with Crippen molar-refractivity contribution >= 4 is 24.1 Å². The average molecular weight is 380 g/mol. The van der Waals surface area contributed by atoms with E-state index in [1.807, 2.05) is 27.7 Å². The number of pyridine rings is 1. The summed E-state index contributed by atoms with van der Waals surface area (Å²) < 4.78 is 52.8. The van der Waals surface area contributed by atoms with Gasteiger partial charge >= 0.3 is 13.5 Å². The van der Waals surface area contributed by atoms with Gasteiger partial charge in [0.05, 0.1) is 11.2 Å². The van der Waals surface area contributed by atoms with E-state index >= 15 is 0 Å². The third-order valence-electron chi connectivity index (χ3n) is 4.65. The highest BCUT2D eigenvalue weighted by Crippen LogP contribution is 2.36. The molecule has 0 spiro atoms. The predicted octanol–water partition coefficient (Wildman–Crippen LogP) is 4.02. The van der Waals surface area contributed by atoms with Crippen LogP contribution in [0.15, 0.2) is 42.6 Å². The quantitative estimate of drug-likeness (QED) is 0.812. The molecule has 144 valence electrons. The highest BCUT2D eigenvalue weighted by atomic mass is 19.4. The van der Waals surface area contributed by atoms with Crippen molar-refractivity contribution in [1.29, 1.82) is 0 Å². The summed E-state index contributed by atoms with van der Waals surface area (Å²) >= 11 is 0. The summed E-state index contributed by atoms with van der Waals surface area (Å²) in [5, 5.41) is 2.94. The minimum Gasteiger partial charge on any atom is -0.406 e. The molecule has 1 fully saturated rings. The first-order chi connectivity index (χ1) is 12.5. The molecule has 0 atom stereocenters. The molecule has 1 aliphatic rings. The van der Waals surface area contributed by atoms with Crippen molar-refractivity contribution < 1.29 is 27.2 Å². The normalized spacial score (nSPS) is 18.4. The number of ether oxygens (including phenoxy) is 1. The predicted molar refractivity (Wildman–Crippen MR) is 96.4 cm³/mol. The van der Waals surface area contributed by atoms with Gasteiger partial charge in [0.2, 0.25) is 0 Å². The second-order valence-electron chi connectivity index (χ2n) is 7.27. The van der Waals surface area contributed by atoms with Crippen LogP contribution in [0.4, 0.5) is 24.7 Å². The van der Waals surface area contributed by atoms with Gasteiger partial charge in [0, 0.05) is 23.4 Å². The molecule has 1 saturated heterocycles. The van der Waals surface area contributed by atoms with E-state index in [0.29, 0.717) is 11.5 Å². The van der Waals surface area contributed by atoms with Gasteiger partial charge < -0.3 is 19.4 Å². The van der Waals surface area contributed by atoms with Gasteiger partial charge in [-0.3, -0.25) is 0 Å². The molecule has 0 amide bonds. The second-order valence-corrected chi connectivity index (χ2v) is 7.27. The minimum atomic E-state index is -4.73. The summed E-state index contributed by atoms with van der Waals surface area (Å²) in [5.41, 5.74) is 0.280. The van der Waals surface area contributed by atoms with E-state index in [4.69, 9.17) is 9.31 Å². The molecule has 1 N–H and O–H groups in total. The Kier molecular flexibility index (Phi) is 4.86. The third-order valence-corrected chi connectivity index (χ3v) is 4.65. The maximum Gasteiger partial charge on any atom is 0.573 e. The van der Waals surface area contributed by atoms with Crippen LogP contribution in [0.1, 0.15) is 27.7 Å². The second kappa shape index (κ2) is 6.72. The zero-order valence-corrected chi connectivity index (χ0v) is 15.4. The van der Waals surface area contributed by atoms with Crippen LogP contribution < -0.4 is 15.5 Å². The summed E-state index contributed by atoms with van der Waals surface area (Å²) in [5.74, 6) is 0.167. The summed E-state index contributed by atoms with van der Waals surface area (Å²) in [4.78, 5) is 4.28. The lowest BCUT2D eigenvalue weighted by Gasteiger charge is -2.32. The molecule has 9 heteroatoms. The van der Waals surface area contributed by atoms with Gasteiger partial charge in [-0.25, -0.2) is 4.98 Å². The maximum absolute atomic E-state index is 12.3. The van der Waals surface area contributed by atoms with E-state index in [0.717, 1.165) is 5.46 Å². The average Bonchev–Trinajstić information content (AvgIpc) is 2.75. The van der Waals surface area contributed by atoms with Crippen molar-refractivity contribution in [2.24, 2.45) is 0 Å². The lowest BCUT2D eigenvalue weighted by Crippen LogP contribution is -2.41. The number of nitrogens with one attached hydrogen (secondary N) is 1. The Labute approximate surface area is 156 Å². The fourth-order valence-electron chi connectivity index (χ4n) is 2.52. The van der Waals surface area contributed by atoms with Crippen LogP contribution in [0.2, 0.25) is 0 Å². The number of benzene rings is 1. The molecule has 1 aromatic carbocycles. The highest BCUT2D eigenvalue weighted by molar-refractivity contribution is 6.62. The molecular weight excluding hydrogens is 360 g/mol. The van der Waals surface area contributed by atoms with E-state index in [9.17, 15) is 13.2 Å². The lowest BCUT2D eigenvalue weighted by molar-refractivity contribution is -0.274. The molecule has 2 heterocycles. The Morgan fingerprint density at radius 1 is 1.04 bits per heavy atom. The molecule has 2 aromatic rings. The molecule has 1 aliphatic heterocycles. The molecule has 0 bridgehead atoms. The van der Waals surface area contributed by atoms with E-state index in [-0.39, 0.29) is 5.75 Å². The van der Waals surface area contributed by atoms with Crippen molar-refractivity contribution in [3.8, 4) is 5.75 Å². The molecule has 1 aromatic heterocycles. The van der Waals surface area contributed by atoms with E-state index in [2.05, 4.69) is 15.0 Å². The van der Waals surface area contributed by atoms with Crippen LogP contribution in [0.3, 0.4) is 0 Å². The van der Waals surface area contributed by atoms with Crippen molar-refractivity contribution in [2.45, 2.75) is 45.3 Å². The van der Waals surface area contributed by atoms with Gasteiger partial charge in [0.25, 0.3) is 0 Å². The van der Waals surface area contributed by atoms with Gasteiger partial charge in [-0.15, -0.1) is 13.2 Å². The molecule has 27 heavy (non-hydrogen) atoms. The molecular formula is C18H20BF3N2O3. The molecule has 0 unspecified atom stereocenters. The van der Waals surface area contributed by atoms with Crippen molar-refractivity contribution in [3.63, 3.8) is 0 Å². The minimum absolute atomic E-state index is 0.304. The van der Waals surface area contributed by atoms with E-state index in [1.54, 1.807) is 24.4 Å². The first-order valence-corrected chi connectivity index (χ1v) is 8.40. The number of anilines is 2. The van der Waals surface area contributed by atoms with Crippen molar-refractivity contribution in [2.75, 3.05) is 5.32 Å². The van der Waals surface area contributed by atoms with Gasteiger partial charge in [0.1, 0.15) is 11.6 Å². The zero-order valence-electron chi connectivity index (χ0n) is 15.4. The number of alkyl halides is 3. The van der Waals surface area contributed by atoms with E-state index in [1.165, 1.54) is 18.2 Å². The fourth-order valence-corrected chi connectivity index (χ4v) is 2.52. The summed E-state index contributed by atoms with van der Waals surface area (Å²) in [7, 11) is -0.528. The smallest absolute Gasteiger partial charge is 0.406 e. The van der Waals surface area contributed by atoms with Crippen molar-refractivity contribution in [3.05, 3.63) is 42.6 Å². The molecule has 0 saturated carbocycles. The van der Waals surface area contributed by atoms with Crippen LogP contribution in [0.5, 0.6) is 5.75 Å². The standard InChI is InChI=1S/C18H20BF3N2O3/c1-16(2)17(3,4)27-19(26-16)12-8-9-15(23-11-12)24-13-6-5-7-14(10-13)25-18(20,21)22/h5-11H,1-4H3,(H,23,24). The SMILES string of the molecule is CC1(C)OB(c2ccc(Nc3cccc(OC(F)(F)F)c3)nc2)OC1(C)C. The van der Waals surface area contributed by atoms with Crippen molar-refractivity contribution in [1.82, 2.24) is 4.98 Å². The number of rotatable bonds is 4. The number of hydrogen-bond acceptors (Lipinski definition) is 5. The Hall–Kier alpha value is -2.26. The summed E-state index contributed by atoms with van der Waals surface area (Å²) in [6.45, 7) is 7.86. The molecule has 0 radical (unpaired) electrons. The molecule has 0 aliphatic carbocycles. The largest absolute Gasteiger partial charge is 0.573 e. The molecule has 5 nitrogen and oxygen atoms in total. The number of hydrogen-bond donors (Lipinski definition) is 1. The number of nitrogens with zero attached hydrogens (tertiary/aromatic N) is 1. The zero-order chi connectivity index (χ0) is 19.9. The Morgan fingerprint density at radius 3 is 2.26 bits per heavy atom. The highest BCUT2D eigenvalue weighted by Gasteiger charge is 2.51. The maximum atomic E-state index is 12.3. The topological polar surface area (TPSA) is 52.6 Å². The molecule has 3 rings (SSSR count). The summed E-state index contributed by atoms with van der Waals surface area (Å²) in [6.07, 6.45) is -3.12. The number of aromatic nitrogens is 1. The van der Waals surface area contributed by atoms with Crippen LogP contribution in [-0.4, -0.2) is 29.7 Å². The van der Waals surface area contributed by atoms with Gasteiger partial charge in [0.15, 0.2) is 0 Å². The monoisotopic (exact) mass is 380 g/mol. The van der Waals surface area contributed by atoms with Crippen LogP contribution >= 0.6 is 0 Å². The van der Waals surface area contributed by atoms with E-state index < -0.39 is 24.7 Å². The van der Waals surface area contributed by atoms with Gasteiger partial charge in [-0.05, 0) is 45.9 Å². The lowest BCUT2D eigenvalue weighted by atomic mass is 9.80. The Balaban J connectivity index is 1.69. The Morgan fingerprint density at radius 2 is 1.70 bits per heavy atom. The van der Waals surface area contributed by atoms with Gasteiger partial charge in [-0.1, -0.05) is 12.1 Å². The number of halogens is 3. The summed E-state index contributed by atoms with van der Waals surface area (Å²) in [6, 6.07) is 9.06. The van der Waals surface area contributed by atoms with Crippen LogP contribution in [0.25, 0.3) is 0 Å². The van der Waals surface area contributed by atoms with Crippen LogP contribution in [-0.2, 0) is 9.31 Å². The fraction of sp³-hybridized carbons (Fsp3) is 0.389. The first kappa shape index (κ1) is 19.5. The Bertz CT molecular complexity index is 794. The van der Waals surface area contributed by atoms with Gasteiger partial charge in [-0.2, -0.15) is 0 Å².